The molecular formula is C13H18N4O. The Kier molecular flexibility index (Phi) is 4.30. The first-order valence-corrected chi connectivity index (χ1v) is 6.14. The first kappa shape index (κ1) is 12.6. The van der Waals surface area contributed by atoms with Crippen molar-refractivity contribution < 1.29 is 4.42 Å². The number of nitrogens with one attached hydrogen (secondary N) is 2. The smallest absolute Gasteiger partial charge is 0.320 e. The topological polar surface area (TPSA) is 63.0 Å². The predicted molar refractivity (Wildman–Crippen MR) is 70.8 cm³/mol. The van der Waals surface area contributed by atoms with Crippen LogP contribution in [0, 0.1) is 0 Å². The van der Waals surface area contributed by atoms with Crippen molar-refractivity contribution in [2.45, 2.75) is 26.3 Å². The summed E-state index contributed by atoms with van der Waals surface area (Å²) in [6.45, 7) is 2.75. The number of aromatic nitrogens is 2. The number of hydrogen-bond donors (Lipinski definition) is 2. The largest absolute Gasteiger partial charge is 0.406 e. The molecule has 2 aromatic rings. The van der Waals surface area contributed by atoms with Crippen molar-refractivity contribution >= 4 is 11.7 Å². The third-order valence-electron chi connectivity index (χ3n) is 2.54. The minimum atomic E-state index is 0.420. The normalized spacial score (nSPS) is 10.6. The van der Waals surface area contributed by atoms with Crippen molar-refractivity contribution in [1.82, 2.24) is 15.5 Å². The lowest BCUT2D eigenvalue weighted by atomic mass is 10.1. The lowest BCUT2D eigenvalue weighted by Crippen LogP contribution is -2.04. The number of benzene rings is 1. The van der Waals surface area contributed by atoms with Crippen LogP contribution in [-0.4, -0.2) is 17.2 Å². The minimum absolute atomic E-state index is 0.420. The van der Waals surface area contributed by atoms with Crippen LogP contribution in [0.2, 0.25) is 0 Å². The summed E-state index contributed by atoms with van der Waals surface area (Å²) in [6.07, 6.45) is 2.26. The van der Waals surface area contributed by atoms with E-state index in [1.54, 1.807) is 0 Å². The van der Waals surface area contributed by atoms with Crippen LogP contribution in [0.3, 0.4) is 0 Å². The van der Waals surface area contributed by atoms with E-state index in [4.69, 9.17) is 4.42 Å². The van der Waals surface area contributed by atoms with Gasteiger partial charge in [-0.3, -0.25) is 0 Å². The van der Waals surface area contributed by atoms with Gasteiger partial charge in [-0.05, 0) is 31.2 Å². The molecule has 0 aliphatic heterocycles. The first-order valence-electron chi connectivity index (χ1n) is 6.14. The monoisotopic (exact) mass is 246 g/mol. The average molecular weight is 246 g/mol. The molecule has 0 aliphatic rings. The van der Waals surface area contributed by atoms with Gasteiger partial charge in [-0.15, -0.1) is 5.10 Å². The van der Waals surface area contributed by atoms with E-state index in [9.17, 15) is 0 Å². The first-order chi connectivity index (χ1) is 8.81. The summed E-state index contributed by atoms with van der Waals surface area (Å²) in [5.41, 5.74) is 2.29. The number of aryl methyl sites for hydroxylation is 1. The Hall–Kier alpha value is -1.88. The molecule has 0 aliphatic carbocycles. The highest BCUT2D eigenvalue weighted by atomic mass is 16.4. The summed E-state index contributed by atoms with van der Waals surface area (Å²) in [5.74, 6) is 0.572. The van der Waals surface area contributed by atoms with Gasteiger partial charge in [-0.1, -0.05) is 30.6 Å². The van der Waals surface area contributed by atoms with Gasteiger partial charge in [0.25, 0.3) is 0 Å². The van der Waals surface area contributed by atoms with Crippen molar-refractivity contribution in [3.63, 3.8) is 0 Å². The van der Waals surface area contributed by atoms with Gasteiger partial charge in [0, 0.05) is 5.69 Å². The van der Waals surface area contributed by atoms with Gasteiger partial charge in [-0.2, -0.15) is 0 Å². The third kappa shape index (κ3) is 3.30. The zero-order valence-electron chi connectivity index (χ0n) is 10.7. The van der Waals surface area contributed by atoms with Crippen LogP contribution in [-0.2, 0) is 13.0 Å². The highest BCUT2D eigenvalue weighted by Gasteiger charge is 2.04. The number of rotatable bonds is 6. The molecule has 1 heterocycles. The molecule has 0 unspecified atom stereocenters. The zero-order valence-corrected chi connectivity index (χ0v) is 10.7. The van der Waals surface area contributed by atoms with Crippen molar-refractivity contribution in [2.75, 3.05) is 12.4 Å². The molecule has 5 heteroatoms. The molecule has 0 saturated carbocycles. The van der Waals surface area contributed by atoms with E-state index in [2.05, 4.69) is 39.9 Å². The Morgan fingerprint density at radius 3 is 2.61 bits per heavy atom. The van der Waals surface area contributed by atoms with E-state index in [0.717, 1.165) is 18.5 Å². The Morgan fingerprint density at radius 2 is 1.94 bits per heavy atom. The van der Waals surface area contributed by atoms with E-state index in [1.165, 1.54) is 5.56 Å². The molecule has 5 nitrogen and oxygen atoms in total. The van der Waals surface area contributed by atoms with Gasteiger partial charge in [0.2, 0.25) is 5.89 Å². The molecule has 0 bridgehead atoms. The average Bonchev–Trinajstić information content (AvgIpc) is 2.80. The predicted octanol–water partition coefficient (Wildman–Crippen LogP) is 2.49. The van der Waals surface area contributed by atoms with Crippen LogP contribution in [0.1, 0.15) is 24.8 Å². The fourth-order valence-corrected chi connectivity index (χ4v) is 1.69. The molecule has 0 saturated heterocycles. The van der Waals surface area contributed by atoms with Gasteiger partial charge < -0.3 is 15.1 Å². The second-order valence-electron chi connectivity index (χ2n) is 4.10. The van der Waals surface area contributed by atoms with Crippen LogP contribution < -0.4 is 10.6 Å². The molecule has 1 aromatic heterocycles. The summed E-state index contributed by atoms with van der Waals surface area (Å²) in [7, 11) is 1.84. The summed E-state index contributed by atoms with van der Waals surface area (Å²) in [4.78, 5) is 0. The number of nitrogens with zero attached hydrogens (tertiary/aromatic N) is 2. The quantitative estimate of drug-likeness (QED) is 0.820. The van der Waals surface area contributed by atoms with Crippen molar-refractivity contribution in [3.05, 3.63) is 35.7 Å². The zero-order chi connectivity index (χ0) is 12.8. The summed E-state index contributed by atoms with van der Waals surface area (Å²) >= 11 is 0. The fourth-order valence-electron chi connectivity index (χ4n) is 1.69. The molecule has 0 fully saturated rings. The van der Waals surface area contributed by atoms with Crippen LogP contribution in [0.15, 0.2) is 28.7 Å². The van der Waals surface area contributed by atoms with E-state index in [1.807, 2.05) is 19.2 Å². The van der Waals surface area contributed by atoms with Gasteiger partial charge in [0.1, 0.15) is 0 Å². The summed E-state index contributed by atoms with van der Waals surface area (Å²) < 4.78 is 5.41. The van der Waals surface area contributed by atoms with Crippen LogP contribution >= 0.6 is 0 Å². The Balaban J connectivity index is 1.99. The fraction of sp³-hybridized carbons (Fsp3) is 0.385. The van der Waals surface area contributed by atoms with Gasteiger partial charge >= 0.3 is 6.01 Å². The molecular weight excluding hydrogens is 228 g/mol. The molecule has 1 aromatic carbocycles. The molecule has 0 radical (unpaired) electrons. The van der Waals surface area contributed by atoms with Crippen molar-refractivity contribution in [3.8, 4) is 0 Å². The lowest BCUT2D eigenvalue weighted by Gasteiger charge is -2.03. The van der Waals surface area contributed by atoms with Gasteiger partial charge in [-0.25, -0.2) is 0 Å². The van der Waals surface area contributed by atoms with E-state index in [-0.39, 0.29) is 0 Å². The minimum Gasteiger partial charge on any atom is -0.406 e. The molecule has 2 N–H and O–H groups in total. The summed E-state index contributed by atoms with van der Waals surface area (Å²) in [5, 5.41) is 13.9. The Labute approximate surface area is 107 Å². The van der Waals surface area contributed by atoms with E-state index >= 15 is 0 Å². The van der Waals surface area contributed by atoms with Crippen LogP contribution in [0.4, 0.5) is 11.7 Å². The van der Waals surface area contributed by atoms with Crippen molar-refractivity contribution in [1.29, 1.82) is 0 Å². The number of anilines is 2. The molecule has 18 heavy (non-hydrogen) atoms. The third-order valence-corrected chi connectivity index (χ3v) is 2.54. The number of hydrogen-bond acceptors (Lipinski definition) is 5. The maximum Gasteiger partial charge on any atom is 0.320 e. The van der Waals surface area contributed by atoms with Crippen LogP contribution in [0.25, 0.3) is 0 Å². The Morgan fingerprint density at radius 1 is 1.17 bits per heavy atom. The highest BCUT2D eigenvalue weighted by molar-refractivity contribution is 5.52. The second-order valence-corrected chi connectivity index (χ2v) is 4.10. The van der Waals surface area contributed by atoms with Crippen LogP contribution in [0.5, 0.6) is 0 Å². The summed E-state index contributed by atoms with van der Waals surface area (Å²) in [6, 6.07) is 8.68. The second kappa shape index (κ2) is 6.16. The SMILES string of the molecule is CCCc1ccc(Nc2nnc(CNC)o2)cc1. The maximum atomic E-state index is 5.41. The van der Waals surface area contributed by atoms with Gasteiger partial charge in [0.05, 0.1) is 6.54 Å². The molecule has 96 valence electrons. The van der Waals surface area contributed by atoms with E-state index < -0.39 is 0 Å². The van der Waals surface area contributed by atoms with Crippen molar-refractivity contribution in [2.24, 2.45) is 0 Å². The standard InChI is InChI=1S/C13H18N4O/c1-3-4-10-5-7-11(8-6-10)15-13-17-16-12(18-13)9-14-2/h5-8,14H,3-4,9H2,1-2H3,(H,15,17). The van der Waals surface area contributed by atoms with E-state index in [0.29, 0.717) is 18.5 Å². The highest BCUT2D eigenvalue weighted by Crippen LogP contribution is 2.16. The Bertz CT molecular complexity index is 478. The molecule has 0 amide bonds. The van der Waals surface area contributed by atoms with Gasteiger partial charge in [0.15, 0.2) is 0 Å². The molecule has 2 rings (SSSR count). The lowest BCUT2D eigenvalue weighted by molar-refractivity contribution is 0.493. The molecule has 0 atom stereocenters. The molecule has 0 spiro atoms. The maximum absolute atomic E-state index is 5.41.